The number of nitrogens with zero attached hydrogens (tertiary/aromatic N) is 1. The van der Waals surface area contributed by atoms with Crippen LogP contribution in [0.5, 0.6) is 0 Å². The highest BCUT2D eigenvalue weighted by atomic mass is 14.6. The van der Waals surface area contributed by atoms with Gasteiger partial charge in [0.25, 0.3) is 0 Å². The van der Waals surface area contributed by atoms with Crippen LogP contribution in [0.1, 0.15) is 19.4 Å². The SMILES string of the molecule is [C-]#[N+]c1cccc(C=C(C)C)c1. The molecule has 0 amide bonds. The first kappa shape index (κ1) is 8.55. The Morgan fingerprint density at radius 3 is 2.75 bits per heavy atom. The molecule has 1 rings (SSSR count). The van der Waals surface area contributed by atoms with Crippen LogP contribution in [0.15, 0.2) is 29.8 Å². The standard InChI is InChI=1S/C11H11N/c1-9(2)7-10-5-4-6-11(8-10)12-3/h4-8H,1-2H3. The molecule has 0 bridgehead atoms. The van der Waals surface area contributed by atoms with Gasteiger partial charge in [0.1, 0.15) is 0 Å². The molecule has 60 valence electrons. The van der Waals surface area contributed by atoms with E-state index in [4.69, 9.17) is 6.57 Å². The molecule has 1 aromatic rings. The van der Waals surface area contributed by atoms with Gasteiger partial charge in [0.15, 0.2) is 5.69 Å². The fourth-order valence-corrected chi connectivity index (χ4v) is 1.02. The van der Waals surface area contributed by atoms with Gasteiger partial charge in [-0.15, -0.1) is 0 Å². The Morgan fingerprint density at radius 2 is 2.17 bits per heavy atom. The van der Waals surface area contributed by atoms with Gasteiger partial charge in [0.05, 0.1) is 6.57 Å². The molecule has 1 aromatic carbocycles. The van der Waals surface area contributed by atoms with Crippen LogP contribution >= 0.6 is 0 Å². The Hall–Kier alpha value is -1.55. The first-order valence-corrected chi connectivity index (χ1v) is 3.85. The van der Waals surface area contributed by atoms with Crippen molar-refractivity contribution in [1.82, 2.24) is 0 Å². The summed E-state index contributed by atoms with van der Waals surface area (Å²) in [6.45, 7) is 10.9. The fraction of sp³-hybridized carbons (Fsp3) is 0.182. The lowest BCUT2D eigenvalue weighted by molar-refractivity contribution is 1.42. The van der Waals surface area contributed by atoms with E-state index in [1.165, 1.54) is 5.57 Å². The maximum atomic E-state index is 6.83. The minimum atomic E-state index is 0.699. The summed E-state index contributed by atoms with van der Waals surface area (Å²) in [5.74, 6) is 0. The van der Waals surface area contributed by atoms with Gasteiger partial charge in [-0.3, -0.25) is 0 Å². The van der Waals surface area contributed by atoms with Crippen molar-refractivity contribution in [2.24, 2.45) is 0 Å². The molecule has 12 heavy (non-hydrogen) atoms. The summed E-state index contributed by atoms with van der Waals surface area (Å²) in [4.78, 5) is 3.36. The van der Waals surface area contributed by atoms with Crippen molar-refractivity contribution in [3.05, 3.63) is 46.8 Å². The highest BCUT2D eigenvalue weighted by Gasteiger charge is 1.90. The molecule has 0 N–H and O–H groups in total. The summed E-state index contributed by atoms with van der Waals surface area (Å²) in [6, 6.07) is 7.61. The normalized spacial score (nSPS) is 8.75. The van der Waals surface area contributed by atoms with Crippen molar-refractivity contribution >= 4 is 11.8 Å². The lowest BCUT2D eigenvalue weighted by Gasteiger charge is -1.94. The molecule has 0 radical (unpaired) electrons. The average molecular weight is 157 g/mol. The van der Waals surface area contributed by atoms with Crippen molar-refractivity contribution in [2.75, 3.05) is 0 Å². The van der Waals surface area contributed by atoms with Gasteiger partial charge < -0.3 is 0 Å². The van der Waals surface area contributed by atoms with E-state index >= 15 is 0 Å². The van der Waals surface area contributed by atoms with Crippen LogP contribution in [-0.2, 0) is 0 Å². The Labute approximate surface area is 73.2 Å². The van der Waals surface area contributed by atoms with Crippen LogP contribution in [-0.4, -0.2) is 0 Å². The van der Waals surface area contributed by atoms with Gasteiger partial charge >= 0.3 is 0 Å². The van der Waals surface area contributed by atoms with E-state index in [1.54, 1.807) is 0 Å². The zero-order chi connectivity index (χ0) is 8.97. The summed E-state index contributed by atoms with van der Waals surface area (Å²) in [5, 5.41) is 0. The quantitative estimate of drug-likeness (QED) is 0.548. The van der Waals surface area contributed by atoms with Crippen LogP contribution in [0.4, 0.5) is 5.69 Å². The average Bonchev–Trinajstić information content (AvgIpc) is 2.03. The Bertz CT molecular complexity index is 338. The van der Waals surface area contributed by atoms with Crippen LogP contribution in [0, 0.1) is 6.57 Å². The monoisotopic (exact) mass is 157 g/mol. The Kier molecular flexibility index (Phi) is 2.66. The third kappa shape index (κ3) is 2.25. The molecule has 0 spiro atoms. The highest BCUT2D eigenvalue weighted by molar-refractivity contribution is 5.59. The van der Waals surface area contributed by atoms with Gasteiger partial charge in [-0.25, -0.2) is 4.85 Å². The molecular formula is C11H11N. The lowest BCUT2D eigenvalue weighted by atomic mass is 10.1. The molecule has 0 atom stereocenters. The third-order valence-electron chi connectivity index (χ3n) is 1.45. The second-order valence-electron chi connectivity index (χ2n) is 2.93. The molecule has 0 heterocycles. The van der Waals surface area contributed by atoms with Crippen LogP contribution in [0.2, 0.25) is 0 Å². The van der Waals surface area contributed by atoms with Gasteiger partial charge in [0, 0.05) is 0 Å². The summed E-state index contributed by atoms with van der Waals surface area (Å²) < 4.78 is 0. The summed E-state index contributed by atoms with van der Waals surface area (Å²) in [5.41, 5.74) is 3.05. The maximum absolute atomic E-state index is 6.83. The first-order chi connectivity index (χ1) is 5.72. The number of hydrogen-bond donors (Lipinski definition) is 0. The van der Waals surface area contributed by atoms with E-state index in [0.29, 0.717) is 5.69 Å². The largest absolute Gasteiger partial charge is 0.238 e. The van der Waals surface area contributed by atoms with E-state index in [1.807, 2.05) is 38.1 Å². The zero-order valence-electron chi connectivity index (χ0n) is 7.33. The lowest BCUT2D eigenvalue weighted by Crippen LogP contribution is -1.71. The minimum absolute atomic E-state index is 0.699. The van der Waals surface area contributed by atoms with Crippen molar-refractivity contribution in [3.63, 3.8) is 0 Å². The minimum Gasteiger partial charge on any atom is -0.238 e. The van der Waals surface area contributed by atoms with E-state index in [2.05, 4.69) is 10.9 Å². The summed E-state index contributed by atoms with van der Waals surface area (Å²) in [6.07, 6.45) is 2.06. The topological polar surface area (TPSA) is 4.36 Å². The van der Waals surface area contributed by atoms with Crippen LogP contribution in [0.25, 0.3) is 10.9 Å². The van der Waals surface area contributed by atoms with E-state index in [0.717, 1.165) is 5.56 Å². The first-order valence-electron chi connectivity index (χ1n) is 3.85. The Morgan fingerprint density at radius 1 is 1.42 bits per heavy atom. The van der Waals surface area contributed by atoms with Crippen molar-refractivity contribution in [1.29, 1.82) is 0 Å². The second-order valence-corrected chi connectivity index (χ2v) is 2.93. The predicted octanol–water partition coefficient (Wildman–Crippen LogP) is 3.66. The van der Waals surface area contributed by atoms with Gasteiger partial charge in [-0.2, -0.15) is 0 Å². The van der Waals surface area contributed by atoms with Crippen molar-refractivity contribution in [3.8, 4) is 0 Å². The van der Waals surface area contributed by atoms with E-state index in [9.17, 15) is 0 Å². The van der Waals surface area contributed by atoms with Gasteiger partial charge in [-0.05, 0) is 25.5 Å². The van der Waals surface area contributed by atoms with Gasteiger partial charge in [-0.1, -0.05) is 29.8 Å². The molecule has 0 aliphatic carbocycles. The summed E-state index contributed by atoms with van der Waals surface area (Å²) in [7, 11) is 0. The number of allylic oxidation sites excluding steroid dienone is 1. The molecular weight excluding hydrogens is 146 g/mol. The van der Waals surface area contributed by atoms with E-state index in [-0.39, 0.29) is 0 Å². The van der Waals surface area contributed by atoms with Crippen LogP contribution < -0.4 is 0 Å². The van der Waals surface area contributed by atoms with Crippen molar-refractivity contribution in [2.45, 2.75) is 13.8 Å². The highest BCUT2D eigenvalue weighted by Crippen LogP contribution is 2.15. The molecule has 0 unspecified atom stereocenters. The van der Waals surface area contributed by atoms with E-state index < -0.39 is 0 Å². The summed E-state index contributed by atoms with van der Waals surface area (Å²) >= 11 is 0. The van der Waals surface area contributed by atoms with Crippen molar-refractivity contribution < 1.29 is 0 Å². The second kappa shape index (κ2) is 3.73. The molecule has 0 aromatic heterocycles. The molecule has 0 saturated heterocycles. The smallest absolute Gasteiger partial charge is 0.187 e. The molecule has 0 fully saturated rings. The van der Waals surface area contributed by atoms with Crippen LogP contribution in [0.3, 0.4) is 0 Å². The molecule has 0 aliphatic heterocycles. The number of benzene rings is 1. The molecule has 0 aliphatic rings. The molecule has 1 nitrogen and oxygen atoms in total. The third-order valence-corrected chi connectivity index (χ3v) is 1.45. The predicted molar refractivity (Wildman–Crippen MR) is 52.0 cm³/mol. The van der Waals surface area contributed by atoms with Gasteiger partial charge in [0.2, 0.25) is 0 Å². The fourth-order valence-electron chi connectivity index (χ4n) is 1.02. The Balaban J connectivity index is 3.04. The maximum Gasteiger partial charge on any atom is 0.187 e. The molecule has 1 heteroatoms. The molecule has 0 saturated carbocycles. The zero-order valence-corrected chi connectivity index (χ0v) is 7.33. The number of rotatable bonds is 1. The number of hydrogen-bond acceptors (Lipinski definition) is 0.